The predicted octanol–water partition coefficient (Wildman–Crippen LogP) is 3.19. The first-order valence-corrected chi connectivity index (χ1v) is 7.65. The fraction of sp³-hybridized carbons (Fsp3) is 0.533. The molecule has 0 aromatic heterocycles. The first-order chi connectivity index (χ1) is 9.44. The van der Waals surface area contributed by atoms with Crippen LogP contribution in [-0.4, -0.2) is 37.0 Å². The minimum absolute atomic E-state index is 0.0372. The number of hydrogen-bond donors (Lipinski definition) is 1. The second-order valence-corrected chi connectivity index (χ2v) is 6.49. The van der Waals surface area contributed by atoms with E-state index in [0.29, 0.717) is 16.6 Å². The Morgan fingerprint density at radius 1 is 1.40 bits per heavy atom. The van der Waals surface area contributed by atoms with Crippen molar-refractivity contribution in [2.45, 2.75) is 31.2 Å². The quantitative estimate of drug-likeness (QED) is 0.911. The molecule has 0 aliphatic heterocycles. The monoisotopic (exact) mass is 342 g/mol. The molecule has 0 unspecified atom stereocenters. The van der Waals surface area contributed by atoms with E-state index < -0.39 is 5.82 Å². The average molecular weight is 343 g/mol. The number of hydrogen-bond acceptors (Lipinski definition) is 2. The molecule has 0 heterocycles. The number of likely N-dealkylation sites (N-methyl/N-ethyl adjacent to an activating group) is 1. The summed E-state index contributed by atoms with van der Waals surface area (Å²) < 4.78 is 13.9. The summed E-state index contributed by atoms with van der Waals surface area (Å²) in [5, 5.41) is 2.95. The summed E-state index contributed by atoms with van der Waals surface area (Å²) >= 11 is 3.29. The van der Waals surface area contributed by atoms with Crippen molar-refractivity contribution in [1.29, 1.82) is 0 Å². The Morgan fingerprint density at radius 3 is 2.65 bits per heavy atom. The van der Waals surface area contributed by atoms with E-state index in [4.69, 9.17) is 0 Å². The van der Waals surface area contributed by atoms with Crippen molar-refractivity contribution in [1.82, 2.24) is 10.2 Å². The SMILES string of the molecule is CN(C)C1(CNC(=O)c2cc(F)ccc2Br)CCCC1. The number of amides is 1. The Balaban J connectivity index is 2.06. The molecule has 0 atom stereocenters. The van der Waals surface area contributed by atoms with Gasteiger partial charge >= 0.3 is 0 Å². The number of rotatable bonds is 4. The molecule has 3 nitrogen and oxygen atoms in total. The largest absolute Gasteiger partial charge is 0.350 e. The Kier molecular flexibility index (Phi) is 4.81. The van der Waals surface area contributed by atoms with Crippen LogP contribution in [0.3, 0.4) is 0 Å². The van der Waals surface area contributed by atoms with Crippen LogP contribution in [0.2, 0.25) is 0 Å². The van der Waals surface area contributed by atoms with Crippen molar-refractivity contribution in [2.24, 2.45) is 0 Å². The van der Waals surface area contributed by atoms with Crippen molar-refractivity contribution in [3.63, 3.8) is 0 Å². The zero-order valence-corrected chi connectivity index (χ0v) is 13.5. The van der Waals surface area contributed by atoms with E-state index in [2.05, 4.69) is 40.2 Å². The maximum absolute atomic E-state index is 13.2. The average Bonchev–Trinajstić information content (AvgIpc) is 2.89. The van der Waals surface area contributed by atoms with Crippen LogP contribution in [0.1, 0.15) is 36.0 Å². The van der Waals surface area contributed by atoms with Gasteiger partial charge in [-0.25, -0.2) is 4.39 Å². The van der Waals surface area contributed by atoms with Crippen molar-refractivity contribution < 1.29 is 9.18 Å². The maximum atomic E-state index is 13.2. The topological polar surface area (TPSA) is 32.3 Å². The molecule has 1 aliphatic rings. The molecule has 0 spiro atoms. The summed E-state index contributed by atoms with van der Waals surface area (Å²) in [6, 6.07) is 4.15. The Morgan fingerprint density at radius 2 is 2.05 bits per heavy atom. The molecule has 1 saturated carbocycles. The molecule has 1 amide bonds. The van der Waals surface area contributed by atoms with E-state index in [0.717, 1.165) is 12.8 Å². The van der Waals surface area contributed by atoms with Gasteiger partial charge in [0.15, 0.2) is 0 Å². The molecule has 2 rings (SSSR count). The number of halogens is 2. The van der Waals surface area contributed by atoms with E-state index in [1.54, 1.807) is 6.07 Å². The van der Waals surface area contributed by atoms with Gasteiger partial charge in [0.2, 0.25) is 0 Å². The van der Waals surface area contributed by atoms with Gasteiger partial charge in [-0.1, -0.05) is 12.8 Å². The molecule has 110 valence electrons. The molecule has 1 aromatic rings. The van der Waals surface area contributed by atoms with Gasteiger partial charge in [0.05, 0.1) is 5.56 Å². The minimum Gasteiger partial charge on any atom is -0.350 e. The highest BCUT2D eigenvalue weighted by atomic mass is 79.9. The molecular weight excluding hydrogens is 323 g/mol. The van der Waals surface area contributed by atoms with Crippen LogP contribution < -0.4 is 5.32 Å². The van der Waals surface area contributed by atoms with Crippen LogP contribution >= 0.6 is 15.9 Å². The van der Waals surface area contributed by atoms with Gasteiger partial charge in [-0.05, 0) is 61.1 Å². The molecule has 0 bridgehead atoms. The molecule has 1 fully saturated rings. The summed E-state index contributed by atoms with van der Waals surface area (Å²) in [5.41, 5.74) is 0.382. The molecule has 1 N–H and O–H groups in total. The van der Waals surface area contributed by atoms with Gasteiger partial charge in [-0.3, -0.25) is 4.79 Å². The number of carbonyl (C=O) groups is 1. The highest BCUT2D eigenvalue weighted by Crippen LogP contribution is 2.33. The standard InChI is InChI=1S/C15H20BrFN2O/c1-19(2)15(7-3-4-8-15)10-18-14(20)12-9-11(17)5-6-13(12)16/h5-6,9H,3-4,7-8,10H2,1-2H3,(H,18,20). The summed E-state index contributed by atoms with van der Waals surface area (Å²) in [4.78, 5) is 14.4. The summed E-state index contributed by atoms with van der Waals surface area (Å²) in [7, 11) is 4.10. The smallest absolute Gasteiger partial charge is 0.252 e. The molecule has 5 heteroatoms. The zero-order valence-electron chi connectivity index (χ0n) is 11.9. The number of nitrogens with zero attached hydrogens (tertiary/aromatic N) is 1. The van der Waals surface area contributed by atoms with Crippen molar-refractivity contribution in [3.05, 3.63) is 34.1 Å². The first-order valence-electron chi connectivity index (χ1n) is 6.85. The first kappa shape index (κ1) is 15.4. The van der Waals surface area contributed by atoms with Crippen LogP contribution in [0.25, 0.3) is 0 Å². The van der Waals surface area contributed by atoms with Crippen LogP contribution in [0.15, 0.2) is 22.7 Å². The third-order valence-corrected chi connectivity index (χ3v) is 4.93. The fourth-order valence-electron chi connectivity index (χ4n) is 2.83. The molecule has 0 radical (unpaired) electrons. The van der Waals surface area contributed by atoms with Crippen LogP contribution in [-0.2, 0) is 0 Å². The summed E-state index contributed by atoms with van der Waals surface area (Å²) in [6.45, 7) is 0.599. The minimum atomic E-state index is -0.401. The Hall–Kier alpha value is -0.940. The van der Waals surface area contributed by atoms with Gasteiger partial charge in [-0.15, -0.1) is 0 Å². The van der Waals surface area contributed by atoms with Gasteiger partial charge in [0.1, 0.15) is 5.82 Å². The molecular formula is C15H20BrFN2O. The number of nitrogens with one attached hydrogen (secondary N) is 1. The van der Waals surface area contributed by atoms with E-state index in [1.165, 1.54) is 25.0 Å². The third-order valence-electron chi connectivity index (χ3n) is 4.23. The highest BCUT2D eigenvalue weighted by molar-refractivity contribution is 9.10. The summed E-state index contributed by atoms with van der Waals surface area (Å²) in [5.74, 6) is -0.633. The predicted molar refractivity (Wildman–Crippen MR) is 81.3 cm³/mol. The lowest BCUT2D eigenvalue weighted by Crippen LogP contribution is -2.50. The molecule has 1 aromatic carbocycles. The molecule has 1 aliphatic carbocycles. The van der Waals surface area contributed by atoms with Crippen LogP contribution in [0.5, 0.6) is 0 Å². The van der Waals surface area contributed by atoms with Crippen LogP contribution in [0.4, 0.5) is 4.39 Å². The van der Waals surface area contributed by atoms with Crippen molar-refractivity contribution >= 4 is 21.8 Å². The summed E-state index contributed by atoms with van der Waals surface area (Å²) in [6.07, 6.45) is 4.56. The van der Waals surface area contributed by atoms with Crippen molar-refractivity contribution in [2.75, 3.05) is 20.6 Å². The normalized spacial score (nSPS) is 17.4. The zero-order chi connectivity index (χ0) is 14.8. The van der Waals surface area contributed by atoms with E-state index in [9.17, 15) is 9.18 Å². The third kappa shape index (κ3) is 3.20. The van der Waals surface area contributed by atoms with Gasteiger partial charge in [0.25, 0.3) is 5.91 Å². The van der Waals surface area contributed by atoms with E-state index in [-0.39, 0.29) is 11.4 Å². The number of benzene rings is 1. The fourth-order valence-corrected chi connectivity index (χ4v) is 3.25. The van der Waals surface area contributed by atoms with Crippen LogP contribution in [0, 0.1) is 5.82 Å². The van der Waals surface area contributed by atoms with Gasteiger partial charge in [-0.2, -0.15) is 0 Å². The highest BCUT2D eigenvalue weighted by Gasteiger charge is 2.36. The Labute approximate surface area is 127 Å². The van der Waals surface area contributed by atoms with E-state index >= 15 is 0 Å². The lowest BCUT2D eigenvalue weighted by molar-refractivity contribution is 0.0899. The van der Waals surface area contributed by atoms with E-state index in [1.807, 2.05) is 0 Å². The lowest BCUT2D eigenvalue weighted by Gasteiger charge is -2.36. The van der Waals surface area contributed by atoms with Gasteiger partial charge in [0, 0.05) is 16.6 Å². The van der Waals surface area contributed by atoms with Crippen molar-refractivity contribution in [3.8, 4) is 0 Å². The van der Waals surface area contributed by atoms with Gasteiger partial charge < -0.3 is 10.2 Å². The molecule has 20 heavy (non-hydrogen) atoms. The lowest BCUT2D eigenvalue weighted by atomic mass is 9.96. The number of carbonyl (C=O) groups excluding carboxylic acids is 1. The second-order valence-electron chi connectivity index (χ2n) is 5.63. The molecule has 0 saturated heterocycles. The maximum Gasteiger partial charge on any atom is 0.252 e. The second kappa shape index (κ2) is 6.22. The Bertz CT molecular complexity index is 499.